The number of halogens is 1. The van der Waals surface area contributed by atoms with Crippen LogP contribution in [0.5, 0.6) is 0 Å². The van der Waals surface area contributed by atoms with Crippen LogP contribution in [0.25, 0.3) is 0 Å². The van der Waals surface area contributed by atoms with Gasteiger partial charge in [-0.05, 0) is 24.0 Å². The largest absolute Gasteiger partial charge is 0.341 e. The number of carbonyl (C=O) groups is 1. The van der Waals surface area contributed by atoms with Crippen LogP contribution in [-0.4, -0.2) is 55.0 Å². The quantitative estimate of drug-likeness (QED) is 0.895. The Labute approximate surface area is 145 Å². The number of rotatable bonds is 5. The summed E-state index contributed by atoms with van der Waals surface area (Å²) >= 11 is 0. The number of carbonyl (C=O) groups excluding carboxylic acids is 1. The molecule has 2 fully saturated rings. The Morgan fingerprint density at radius 3 is 2.61 bits per heavy atom. The average Bonchev–Trinajstić information content (AvgIpc) is 2.98. The van der Waals surface area contributed by atoms with Crippen LogP contribution in [0.2, 0.25) is 0 Å². The minimum Gasteiger partial charge on any atom is -0.341 e. The number of nitrogens with zero attached hydrogens (tertiary/aromatic N) is 2. The molecule has 1 atom stereocenters. The van der Waals surface area contributed by atoms with Crippen LogP contribution in [0, 0.1) is 0 Å². The van der Waals surface area contributed by atoms with Gasteiger partial charge in [-0.1, -0.05) is 31.2 Å². The summed E-state index contributed by atoms with van der Waals surface area (Å²) in [4.78, 5) is 16.3. The van der Waals surface area contributed by atoms with Crippen LogP contribution in [0.15, 0.2) is 24.3 Å². The number of hydrogen-bond donors (Lipinski definition) is 1. The van der Waals surface area contributed by atoms with E-state index in [2.05, 4.69) is 41.4 Å². The first-order valence-corrected chi connectivity index (χ1v) is 8.59. The maximum absolute atomic E-state index is 11.8. The molecule has 0 bridgehead atoms. The lowest BCUT2D eigenvalue weighted by molar-refractivity contribution is -0.127. The Hall–Kier alpha value is -1.10. The van der Waals surface area contributed by atoms with Gasteiger partial charge in [0.25, 0.3) is 0 Å². The number of amides is 1. The first-order valence-electron chi connectivity index (χ1n) is 8.59. The maximum atomic E-state index is 11.8. The molecule has 1 amide bonds. The molecule has 1 aromatic carbocycles. The van der Waals surface area contributed by atoms with E-state index in [-0.39, 0.29) is 12.4 Å². The van der Waals surface area contributed by atoms with Gasteiger partial charge in [0.1, 0.15) is 0 Å². The van der Waals surface area contributed by atoms with Gasteiger partial charge in [0, 0.05) is 51.7 Å². The Bertz CT molecular complexity index is 505. The third-order valence-corrected chi connectivity index (χ3v) is 4.96. The van der Waals surface area contributed by atoms with Gasteiger partial charge in [0.05, 0.1) is 0 Å². The van der Waals surface area contributed by atoms with Crippen molar-refractivity contribution in [1.29, 1.82) is 0 Å². The van der Waals surface area contributed by atoms with Crippen LogP contribution in [0.4, 0.5) is 0 Å². The molecule has 2 heterocycles. The molecule has 1 unspecified atom stereocenters. The van der Waals surface area contributed by atoms with Crippen molar-refractivity contribution in [3.63, 3.8) is 0 Å². The summed E-state index contributed by atoms with van der Waals surface area (Å²) in [7, 11) is 0. The van der Waals surface area contributed by atoms with E-state index in [1.165, 1.54) is 11.1 Å². The normalized spacial score (nSPS) is 22.2. The van der Waals surface area contributed by atoms with Crippen LogP contribution < -0.4 is 5.32 Å². The Balaban J connectivity index is 0.00000192. The van der Waals surface area contributed by atoms with Crippen molar-refractivity contribution in [2.24, 2.45) is 0 Å². The summed E-state index contributed by atoms with van der Waals surface area (Å²) in [5.74, 6) is 0.332. The van der Waals surface area contributed by atoms with Crippen molar-refractivity contribution < 1.29 is 4.79 Å². The van der Waals surface area contributed by atoms with Gasteiger partial charge in [0.2, 0.25) is 5.91 Å². The van der Waals surface area contributed by atoms with Crippen molar-refractivity contribution in [3.05, 3.63) is 35.4 Å². The Kier molecular flexibility index (Phi) is 6.88. The van der Waals surface area contributed by atoms with Crippen LogP contribution in [0.3, 0.4) is 0 Å². The van der Waals surface area contributed by atoms with Gasteiger partial charge in [-0.25, -0.2) is 0 Å². The van der Waals surface area contributed by atoms with Crippen molar-refractivity contribution >= 4 is 18.3 Å². The zero-order valence-corrected chi connectivity index (χ0v) is 14.8. The van der Waals surface area contributed by atoms with Crippen molar-refractivity contribution in [1.82, 2.24) is 15.1 Å². The zero-order valence-electron chi connectivity index (χ0n) is 14.0. The van der Waals surface area contributed by atoms with E-state index in [4.69, 9.17) is 0 Å². The lowest BCUT2D eigenvalue weighted by atomic mass is 10.0. The van der Waals surface area contributed by atoms with E-state index in [1.54, 1.807) is 0 Å². The fourth-order valence-electron chi connectivity index (χ4n) is 3.51. The fraction of sp³-hybridized carbons (Fsp3) is 0.611. The zero-order chi connectivity index (χ0) is 15.4. The van der Waals surface area contributed by atoms with Gasteiger partial charge in [-0.3, -0.25) is 9.69 Å². The second-order valence-electron chi connectivity index (χ2n) is 6.34. The molecule has 2 aliphatic heterocycles. The smallest absolute Gasteiger partial charge is 0.222 e. The van der Waals surface area contributed by atoms with E-state index in [0.29, 0.717) is 11.9 Å². The molecule has 3 rings (SSSR count). The number of likely N-dealkylation sites (tertiary alicyclic amines) is 1. The number of benzene rings is 1. The Morgan fingerprint density at radius 1 is 1.17 bits per heavy atom. The molecule has 1 aromatic rings. The molecule has 1 N–H and O–H groups in total. The Morgan fingerprint density at radius 2 is 1.96 bits per heavy atom. The number of nitrogens with one attached hydrogen (secondary N) is 1. The average molecular weight is 338 g/mol. The summed E-state index contributed by atoms with van der Waals surface area (Å²) < 4.78 is 0. The minimum absolute atomic E-state index is 0. The first kappa shape index (κ1) is 18.2. The molecule has 0 saturated carbocycles. The van der Waals surface area contributed by atoms with E-state index < -0.39 is 0 Å². The van der Waals surface area contributed by atoms with E-state index in [1.807, 2.05) is 4.90 Å². The third-order valence-electron chi connectivity index (χ3n) is 4.96. The van der Waals surface area contributed by atoms with Crippen LogP contribution in [-0.2, 0) is 11.2 Å². The van der Waals surface area contributed by atoms with Gasteiger partial charge >= 0.3 is 0 Å². The highest BCUT2D eigenvalue weighted by Crippen LogP contribution is 2.23. The lowest BCUT2D eigenvalue weighted by Crippen LogP contribution is -2.48. The molecule has 23 heavy (non-hydrogen) atoms. The van der Waals surface area contributed by atoms with Gasteiger partial charge in [-0.2, -0.15) is 0 Å². The maximum Gasteiger partial charge on any atom is 0.222 e. The van der Waals surface area contributed by atoms with Gasteiger partial charge < -0.3 is 10.2 Å². The van der Waals surface area contributed by atoms with Crippen molar-refractivity contribution in [2.45, 2.75) is 32.2 Å². The molecule has 2 aliphatic rings. The number of hydrogen-bond acceptors (Lipinski definition) is 3. The van der Waals surface area contributed by atoms with E-state index in [9.17, 15) is 4.79 Å². The predicted octanol–water partition coefficient (Wildman–Crippen LogP) is 2.24. The second kappa shape index (κ2) is 8.67. The minimum atomic E-state index is 0. The van der Waals surface area contributed by atoms with E-state index >= 15 is 0 Å². The summed E-state index contributed by atoms with van der Waals surface area (Å²) in [5, 5.41) is 3.51. The monoisotopic (exact) mass is 337 g/mol. The van der Waals surface area contributed by atoms with Gasteiger partial charge in [0.15, 0.2) is 0 Å². The van der Waals surface area contributed by atoms with E-state index in [0.717, 1.165) is 58.5 Å². The molecular formula is C18H28ClN3O. The molecule has 0 spiro atoms. The summed E-state index contributed by atoms with van der Waals surface area (Å²) in [6.45, 7) is 8.09. The molecule has 0 aliphatic carbocycles. The topological polar surface area (TPSA) is 35.6 Å². The molecule has 128 valence electrons. The lowest BCUT2D eigenvalue weighted by Gasteiger charge is -2.37. The van der Waals surface area contributed by atoms with Gasteiger partial charge in [-0.15, -0.1) is 12.4 Å². The molecule has 0 aromatic heterocycles. The van der Waals surface area contributed by atoms with Crippen LogP contribution >= 0.6 is 12.4 Å². The number of piperazine rings is 1. The number of aryl methyl sites for hydroxylation is 1. The second-order valence-corrected chi connectivity index (χ2v) is 6.34. The summed E-state index contributed by atoms with van der Waals surface area (Å²) in [6, 6.07) is 9.45. The molecule has 2 saturated heterocycles. The highest BCUT2D eigenvalue weighted by molar-refractivity contribution is 5.85. The van der Waals surface area contributed by atoms with Crippen LogP contribution in [0.1, 0.15) is 36.9 Å². The fourth-order valence-corrected chi connectivity index (χ4v) is 3.51. The molecular weight excluding hydrogens is 310 g/mol. The summed E-state index contributed by atoms with van der Waals surface area (Å²) in [6.07, 6.45) is 2.86. The third kappa shape index (κ3) is 4.46. The SMILES string of the molecule is CCc1ccc(C2CNCCN2CCN2CCCC2=O)cc1.Cl. The highest BCUT2D eigenvalue weighted by atomic mass is 35.5. The first-order chi connectivity index (χ1) is 10.8. The molecule has 0 radical (unpaired) electrons. The predicted molar refractivity (Wildman–Crippen MR) is 96.1 cm³/mol. The highest BCUT2D eigenvalue weighted by Gasteiger charge is 2.26. The van der Waals surface area contributed by atoms with Crippen molar-refractivity contribution in [3.8, 4) is 0 Å². The standard InChI is InChI=1S/C18H27N3O.ClH/c1-2-15-5-7-16(8-6-15)17-14-19-9-11-20(17)12-13-21-10-3-4-18(21)22;/h5-8,17,19H,2-4,9-14H2,1H3;1H. The van der Waals surface area contributed by atoms with Crippen molar-refractivity contribution in [2.75, 3.05) is 39.3 Å². The molecule has 5 heteroatoms. The molecule has 4 nitrogen and oxygen atoms in total. The summed E-state index contributed by atoms with van der Waals surface area (Å²) in [5.41, 5.74) is 2.78.